The van der Waals surface area contributed by atoms with E-state index in [2.05, 4.69) is 15.9 Å². The van der Waals surface area contributed by atoms with Crippen molar-refractivity contribution in [1.29, 1.82) is 0 Å². The molecule has 0 aliphatic carbocycles. The minimum Gasteiger partial charge on any atom is -0.456 e. The fraction of sp³-hybridized carbons (Fsp3) is 0.250. The highest BCUT2D eigenvalue weighted by Gasteiger charge is 2.09. The lowest BCUT2D eigenvalue weighted by molar-refractivity contribution is 0.199. The van der Waals surface area contributed by atoms with E-state index in [1.807, 2.05) is 42.5 Å². The van der Waals surface area contributed by atoms with Gasteiger partial charge in [0, 0.05) is 6.61 Å². The van der Waals surface area contributed by atoms with E-state index in [1.54, 1.807) is 6.92 Å². The molecule has 0 saturated carbocycles. The van der Waals surface area contributed by atoms with Crippen LogP contribution in [-0.2, 0) is 6.42 Å². The Balaban J connectivity index is 2.26. The Kier molecular flexibility index (Phi) is 5.17. The molecule has 1 atom stereocenters. The highest BCUT2D eigenvalue weighted by molar-refractivity contribution is 9.10. The molecule has 0 fully saturated rings. The smallest absolute Gasteiger partial charge is 0.141 e. The fourth-order valence-corrected chi connectivity index (χ4v) is 2.39. The van der Waals surface area contributed by atoms with Crippen LogP contribution in [0.3, 0.4) is 0 Å². The third-order valence-electron chi connectivity index (χ3n) is 3.01. The summed E-state index contributed by atoms with van der Waals surface area (Å²) in [6, 6.07) is 13.1. The molecule has 0 spiro atoms. The lowest BCUT2D eigenvalue weighted by Crippen LogP contribution is -1.96. The summed E-state index contributed by atoms with van der Waals surface area (Å²) < 4.78 is 6.67. The summed E-state index contributed by atoms with van der Waals surface area (Å²) in [5, 5.41) is 18.6. The molecule has 0 aliphatic rings. The first-order chi connectivity index (χ1) is 9.61. The van der Waals surface area contributed by atoms with Gasteiger partial charge in [-0.1, -0.05) is 24.3 Å². The number of aliphatic hydroxyl groups is 2. The van der Waals surface area contributed by atoms with Gasteiger partial charge < -0.3 is 14.9 Å². The Morgan fingerprint density at radius 1 is 1.15 bits per heavy atom. The topological polar surface area (TPSA) is 49.7 Å². The lowest BCUT2D eigenvalue weighted by Gasteiger charge is -2.13. The predicted molar refractivity (Wildman–Crippen MR) is 82.1 cm³/mol. The fourth-order valence-electron chi connectivity index (χ4n) is 1.91. The molecule has 20 heavy (non-hydrogen) atoms. The van der Waals surface area contributed by atoms with Gasteiger partial charge in [-0.15, -0.1) is 0 Å². The summed E-state index contributed by atoms with van der Waals surface area (Å²) in [6.07, 6.45) is 0.0431. The van der Waals surface area contributed by atoms with Crippen LogP contribution in [0.15, 0.2) is 46.9 Å². The number of ether oxygens (including phenoxy) is 1. The minimum absolute atomic E-state index is 0.0858. The normalized spacial score (nSPS) is 12.2. The van der Waals surface area contributed by atoms with Gasteiger partial charge in [0.15, 0.2) is 0 Å². The van der Waals surface area contributed by atoms with E-state index in [9.17, 15) is 5.11 Å². The summed E-state index contributed by atoms with van der Waals surface area (Å²) in [4.78, 5) is 0. The molecule has 0 saturated heterocycles. The highest BCUT2D eigenvalue weighted by Crippen LogP contribution is 2.33. The molecule has 0 radical (unpaired) electrons. The quantitative estimate of drug-likeness (QED) is 0.872. The summed E-state index contributed by atoms with van der Waals surface area (Å²) in [7, 11) is 0. The number of benzene rings is 2. The standard InChI is InChI=1S/C16H17BrO3/c1-11(19)13-6-7-16(14(17)10-13)20-15-5-3-2-4-12(15)8-9-18/h2-7,10-11,18-19H,8-9H2,1H3/t11-/m1/s1. The minimum atomic E-state index is -0.512. The molecular weight excluding hydrogens is 320 g/mol. The van der Waals surface area contributed by atoms with E-state index in [4.69, 9.17) is 9.84 Å². The van der Waals surface area contributed by atoms with Gasteiger partial charge in [-0.3, -0.25) is 0 Å². The van der Waals surface area contributed by atoms with Crippen LogP contribution in [0.1, 0.15) is 24.2 Å². The predicted octanol–water partition coefficient (Wildman–Crippen LogP) is 3.83. The average Bonchev–Trinajstić information content (AvgIpc) is 2.43. The van der Waals surface area contributed by atoms with Crippen LogP contribution in [0.25, 0.3) is 0 Å². The van der Waals surface area contributed by atoms with Gasteiger partial charge in [0.25, 0.3) is 0 Å². The molecule has 2 aromatic carbocycles. The van der Waals surface area contributed by atoms with Gasteiger partial charge in [-0.05, 0) is 58.6 Å². The second-order valence-electron chi connectivity index (χ2n) is 4.55. The number of hydrogen-bond donors (Lipinski definition) is 2. The Labute approximate surface area is 127 Å². The van der Waals surface area contributed by atoms with Crippen molar-refractivity contribution in [2.75, 3.05) is 6.61 Å². The van der Waals surface area contributed by atoms with Crippen molar-refractivity contribution >= 4 is 15.9 Å². The Morgan fingerprint density at radius 3 is 2.55 bits per heavy atom. The average molecular weight is 337 g/mol. The number of aliphatic hydroxyl groups excluding tert-OH is 2. The zero-order valence-electron chi connectivity index (χ0n) is 11.2. The third-order valence-corrected chi connectivity index (χ3v) is 3.63. The molecule has 3 nitrogen and oxygen atoms in total. The first-order valence-electron chi connectivity index (χ1n) is 6.46. The summed E-state index contributed by atoms with van der Waals surface area (Å²) in [5.74, 6) is 1.41. The third kappa shape index (κ3) is 3.60. The van der Waals surface area contributed by atoms with Gasteiger partial charge >= 0.3 is 0 Å². The summed E-state index contributed by atoms with van der Waals surface area (Å²) >= 11 is 3.45. The maximum absolute atomic E-state index is 9.55. The lowest BCUT2D eigenvalue weighted by atomic mass is 10.1. The largest absolute Gasteiger partial charge is 0.456 e. The second-order valence-corrected chi connectivity index (χ2v) is 5.40. The van der Waals surface area contributed by atoms with Crippen LogP contribution in [0.4, 0.5) is 0 Å². The van der Waals surface area contributed by atoms with E-state index in [1.165, 1.54) is 0 Å². The van der Waals surface area contributed by atoms with E-state index < -0.39 is 6.10 Å². The molecule has 4 heteroatoms. The van der Waals surface area contributed by atoms with Crippen LogP contribution >= 0.6 is 15.9 Å². The van der Waals surface area contributed by atoms with Crippen LogP contribution in [0.2, 0.25) is 0 Å². The maximum atomic E-state index is 9.55. The molecule has 0 aromatic heterocycles. The molecule has 0 unspecified atom stereocenters. The number of halogens is 1. The van der Waals surface area contributed by atoms with Crippen molar-refractivity contribution in [2.45, 2.75) is 19.4 Å². The number of hydrogen-bond acceptors (Lipinski definition) is 3. The molecule has 106 valence electrons. The van der Waals surface area contributed by atoms with Crippen molar-refractivity contribution in [3.63, 3.8) is 0 Å². The van der Waals surface area contributed by atoms with Gasteiger partial charge in [-0.25, -0.2) is 0 Å². The van der Waals surface area contributed by atoms with E-state index in [0.717, 1.165) is 21.3 Å². The van der Waals surface area contributed by atoms with Crippen molar-refractivity contribution in [2.24, 2.45) is 0 Å². The Bertz CT molecular complexity index is 582. The Morgan fingerprint density at radius 2 is 1.90 bits per heavy atom. The molecule has 2 N–H and O–H groups in total. The molecule has 0 bridgehead atoms. The van der Waals surface area contributed by atoms with Crippen molar-refractivity contribution < 1.29 is 14.9 Å². The zero-order chi connectivity index (χ0) is 14.5. The first-order valence-corrected chi connectivity index (χ1v) is 7.25. The summed E-state index contributed by atoms with van der Waals surface area (Å²) in [6.45, 7) is 1.81. The van der Waals surface area contributed by atoms with Crippen LogP contribution < -0.4 is 4.74 Å². The maximum Gasteiger partial charge on any atom is 0.141 e. The van der Waals surface area contributed by atoms with Gasteiger partial charge in [0.05, 0.1) is 10.6 Å². The number of rotatable bonds is 5. The van der Waals surface area contributed by atoms with Gasteiger partial charge in [-0.2, -0.15) is 0 Å². The van der Waals surface area contributed by atoms with Crippen LogP contribution in [0, 0.1) is 0 Å². The van der Waals surface area contributed by atoms with Crippen molar-refractivity contribution in [3.8, 4) is 11.5 Å². The van der Waals surface area contributed by atoms with Crippen LogP contribution in [0.5, 0.6) is 11.5 Å². The van der Waals surface area contributed by atoms with Gasteiger partial charge in [0.1, 0.15) is 11.5 Å². The van der Waals surface area contributed by atoms with Gasteiger partial charge in [0.2, 0.25) is 0 Å². The van der Waals surface area contributed by atoms with Crippen LogP contribution in [-0.4, -0.2) is 16.8 Å². The number of para-hydroxylation sites is 1. The zero-order valence-corrected chi connectivity index (χ0v) is 12.8. The molecule has 2 rings (SSSR count). The highest BCUT2D eigenvalue weighted by atomic mass is 79.9. The van der Waals surface area contributed by atoms with Crippen molar-refractivity contribution in [1.82, 2.24) is 0 Å². The first kappa shape index (κ1) is 15.0. The molecule has 0 heterocycles. The summed E-state index contributed by atoms with van der Waals surface area (Å²) in [5.41, 5.74) is 1.79. The van der Waals surface area contributed by atoms with Crippen molar-refractivity contribution in [3.05, 3.63) is 58.1 Å². The SMILES string of the molecule is C[C@@H](O)c1ccc(Oc2ccccc2CCO)c(Br)c1. The molecule has 0 aliphatic heterocycles. The second kappa shape index (κ2) is 6.88. The molecule has 2 aromatic rings. The van der Waals surface area contributed by atoms with E-state index in [-0.39, 0.29) is 6.61 Å². The van der Waals surface area contributed by atoms with E-state index >= 15 is 0 Å². The van der Waals surface area contributed by atoms with E-state index in [0.29, 0.717) is 12.2 Å². The monoisotopic (exact) mass is 336 g/mol. The molecular formula is C16H17BrO3. The Hall–Kier alpha value is -1.36. The molecule has 0 amide bonds.